The second-order valence-corrected chi connectivity index (χ2v) is 15.6. The fraction of sp³-hybridized carbons (Fsp3) is 0. The van der Waals surface area contributed by atoms with Crippen LogP contribution in [0.15, 0.2) is 218 Å². The van der Waals surface area contributed by atoms with Crippen LogP contribution in [-0.4, -0.2) is 0 Å². The maximum atomic E-state index is 2.47. The van der Waals surface area contributed by atoms with E-state index in [9.17, 15) is 0 Å². The van der Waals surface area contributed by atoms with Gasteiger partial charge in [0.2, 0.25) is 0 Å². The minimum atomic E-state index is 1.21. The van der Waals surface area contributed by atoms with E-state index in [-0.39, 0.29) is 0 Å². The normalized spacial score (nSPS) is 11.8. The first-order chi connectivity index (χ1) is 28.8. The van der Waals surface area contributed by atoms with Crippen LogP contribution in [-0.2, 0) is 0 Å². The molecule has 0 bridgehead atoms. The molecule has 0 amide bonds. The van der Waals surface area contributed by atoms with E-state index in [0.29, 0.717) is 0 Å². The molecule has 0 fully saturated rings. The molecule has 58 heavy (non-hydrogen) atoms. The van der Waals surface area contributed by atoms with Crippen molar-refractivity contribution in [1.82, 2.24) is 0 Å². The number of rotatable bonds is 4. The molecule has 0 aliphatic heterocycles. The topological polar surface area (TPSA) is 0 Å². The Balaban J connectivity index is 1.15. The molecule has 0 nitrogen and oxygen atoms in total. The van der Waals surface area contributed by atoms with Gasteiger partial charge in [-0.25, -0.2) is 0 Å². The number of fused-ring (bicyclic) bond motifs is 9. The Bertz CT molecular complexity index is 3600. The van der Waals surface area contributed by atoms with Gasteiger partial charge in [0.15, 0.2) is 0 Å². The van der Waals surface area contributed by atoms with Crippen molar-refractivity contribution in [3.05, 3.63) is 218 Å². The summed E-state index contributed by atoms with van der Waals surface area (Å²) in [6.07, 6.45) is 0. The van der Waals surface area contributed by atoms with Gasteiger partial charge in [-0.05, 0) is 138 Å². The molecule has 268 valence electrons. The monoisotopic (exact) mass is 732 g/mol. The molecular formula is C58H36. The van der Waals surface area contributed by atoms with Crippen LogP contribution in [0.1, 0.15) is 0 Å². The van der Waals surface area contributed by atoms with E-state index in [1.807, 2.05) is 0 Å². The summed E-state index contributed by atoms with van der Waals surface area (Å²) in [5, 5.41) is 17.7. The minimum Gasteiger partial charge on any atom is -0.0616 e. The zero-order valence-corrected chi connectivity index (χ0v) is 31.8. The molecule has 0 spiro atoms. The lowest BCUT2D eigenvalue weighted by Gasteiger charge is -2.20. The second-order valence-electron chi connectivity index (χ2n) is 15.6. The van der Waals surface area contributed by atoms with Crippen LogP contribution in [0.4, 0.5) is 0 Å². The predicted molar refractivity (Wildman–Crippen MR) is 251 cm³/mol. The van der Waals surface area contributed by atoms with Gasteiger partial charge in [-0.1, -0.05) is 200 Å². The van der Waals surface area contributed by atoms with E-state index in [1.54, 1.807) is 0 Å². The quantitative estimate of drug-likeness (QED) is 0.125. The minimum absolute atomic E-state index is 1.21. The summed E-state index contributed by atoms with van der Waals surface area (Å²) in [7, 11) is 0. The number of hydrogen-bond donors (Lipinski definition) is 0. The SMILES string of the molecule is c1ccc2cc(-c3c4ccccc4c(-c4ccc(-c5cccc6ccccc56)cc4)c4cc(-c5cc6ccc7ccccc7c6c6ccccc56)ccc34)ccc2c1. The van der Waals surface area contributed by atoms with Crippen molar-refractivity contribution in [3.63, 3.8) is 0 Å². The lowest BCUT2D eigenvalue weighted by atomic mass is 9.83. The van der Waals surface area contributed by atoms with Crippen LogP contribution < -0.4 is 0 Å². The maximum Gasteiger partial charge on any atom is -0.00261 e. The molecule has 0 aliphatic carbocycles. The zero-order chi connectivity index (χ0) is 38.2. The summed E-state index contributed by atoms with van der Waals surface area (Å²) in [5.41, 5.74) is 9.91. The second kappa shape index (κ2) is 13.0. The van der Waals surface area contributed by atoms with Crippen LogP contribution in [0.3, 0.4) is 0 Å². The number of benzene rings is 12. The molecule has 0 unspecified atom stereocenters. The molecule has 0 heterocycles. The molecular weight excluding hydrogens is 697 g/mol. The van der Waals surface area contributed by atoms with Crippen LogP contribution in [0, 0.1) is 0 Å². The van der Waals surface area contributed by atoms with E-state index < -0.39 is 0 Å². The molecule has 0 radical (unpaired) electrons. The Hall–Kier alpha value is -7.54. The third-order valence-corrected chi connectivity index (χ3v) is 12.4. The summed E-state index contributed by atoms with van der Waals surface area (Å²) in [6.45, 7) is 0. The summed E-state index contributed by atoms with van der Waals surface area (Å²) in [5.74, 6) is 0. The Kier molecular flexibility index (Phi) is 7.33. The van der Waals surface area contributed by atoms with Crippen LogP contribution in [0.5, 0.6) is 0 Å². The third kappa shape index (κ3) is 5.09. The van der Waals surface area contributed by atoms with Crippen molar-refractivity contribution in [1.29, 1.82) is 0 Å². The van der Waals surface area contributed by atoms with Gasteiger partial charge in [0.1, 0.15) is 0 Å². The molecule has 0 N–H and O–H groups in total. The maximum absolute atomic E-state index is 2.47. The Morgan fingerprint density at radius 3 is 1.47 bits per heavy atom. The van der Waals surface area contributed by atoms with Gasteiger partial charge >= 0.3 is 0 Å². The van der Waals surface area contributed by atoms with E-state index >= 15 is 0 Å². The highest BCUT2D eigenvalue weighted by atomic mass is 14.2. The summed E-state index contributed by atoms with van der Waals surface area (Å²) >= 11 is 0. The fourth-order valence-electron chi connectivity index (χ4n) is 9.72. The van der Waals surface area contributed by atoms with Gasteiger partial charge in [0.05, 0.1) is 0 Å². The molecule has 12 rings (SSSR count). The van der Waals surface area contributed by atoms with Crippen molar-refractivity contribution in [2.24, 2.45) is 0 Å². The van der Waals surface area contributed by atoms with Gasteiger partial charge in [-0.3, -0.25) is 0 Å². The average molecular weight is 733 g/mol. The molecule has 0 heteroatoms. The van der Waals surface area contributed by atoms with Gasteiger partial charge in [-0.2, -0.15) is 0 Å². The molecule has 0 atom stereocenters. The molecule has 0 aromatic heterocycles. The van der Waals surface area contributed by atoms with Crippen molar-refractivity contribution in [3.8, 4) is 44.5 Å². The van der Waals surface area contributed by atoms with Crippen molar-refractivity contribution in [2.75, 3.05) is 0 Å². The summed E-state index contributed by atoms with van der Waals surface area (Å²) in [6, 6.07) is 81.0. The first-order valence-corrected chi connectivity index (χ1v) is 20.2. The van der Waals surface area contributed by atoms with Crippen LogP contribution in [0.2, 0.25) is 0 Å². The van der Waals surface area contributed by atoms with Gasteiger partial charge in [0, 0.05) is 0 Å². The number of hydrogen-bond acceptors (Lipinski definition) is 0. The lowest BCUT2D eigenvalue weighted by molar-refractivity contribution is 1.63. The van der Waals surface area contributed by atoms with Crippen molar-refractivity contribution in [2.45, 2.75) is 0 Å². The highest BCUT2D eigenvalue weighted by Gasteiger charge is 2.19. The Morgan fingerprint density at radius 2 is 0.690 bits per heavy atom. The van der Waals surface area contributed by atoms with E-state index in [4.69, 9.17) is 0 Å². The zero-order valence-electron chi connectivity index (χ0n) is 31.8. The first-order valence-electron chi connectivity index (χ1n) is 20.2. The summed E-state index contributed by atoms with van der Waals surface area (Å²) < 4.78 is 0. The lowest BCUT2D eigenvalue weighted by Crippen LogP contribution is -1.93. The highest BCUT2D eigenvalue weighted by Crippen LogP contribution is 2.47. The molecule has 12 aromatic rings. The fourth-order valence-corrected chi connectivity index (χ4v) is 9.72. The Labute approximate surface area is 336 Å². The van der Waals surface area contributed by atoms with Crippen molar-refractivity contribution < 1.29 is 0 Å². The first kappa shape index (κ1) is 32.7. The van der Waals surface area contributed by atoms with Gasteiger partial charge in [-0.15, -0.1) is 0 Å². The van der Waals surface area contributed by atoms with Crippen LogP contribution >= 0.6 is 0 Å². The largest absolute Gasteiger partial charge is 0.0616 e. The average Bonchev–Trinajstić information content (AvgIpc) is 3.30. The molecule has 0 saturated heterocycles. The van der Waals surface area contributed by atoms with Crippen molar-refractivity contribution >= 4 is 75.4 Å². The predicted octanol–water partition coefficient (Wildman–Crippen LogP) is 16.4. The van der Waals surface area contributed by atoms with Crippen LogP contribution in [0.25, 0.3) is 120 Å². The van der Waals surface area contributed by atoms with E-state index in [2.05, 4.69) is 218 Å². The van der Waals surface area contributed by atoms with E-state index in [0.717, 1.165) is 0 Å². The third-order valence-electron chi connectivity index (χ3n) is 12.4. The van der Waals surface area contributed by atoms with Gasteiger partial charge in [0.25, 0.3) is 0 Å². The molecule has 12 aromatic carbocycles. The molecule has 0 saturated carbocycles. The van der Waals surface area contributed by atoms with E-state index in [1.165, 1.54) is 120 Å². The summed E-state index contributed by atoms with van der Waals surface area (Å²) in [4.78, 5) is 0. The molecule has 0 aliphatic rings. The smallest absolute Gasteiger partial charge is 0.00261 e. The van der Waals surface area contributed by atoms with Gasteiger partial charge < -0.3 is 0 Å². The highest BCUT2D eigenvalue weighted by molar-refractivity contribution is 6.25. The standard InChI is InChI=1S/C58H36/c1-2-15-42-34-44(30-24-37(42)12-1)58-52-22-10-9-21-51(52)56(41-28-25-40(26-29-41)47-23-11-16-38-13-3-5-17-46(38)47)55-35-43(32-33-53(55)58)54-36-45-31-27-39-14-4-6-18-48(39)57(45)50-20-8-7-19-49(50)54/h1-36H. The Morgan fingerprint density at radius 1 is 0.190 bits per heavy atom.